The molecule has 1 radical (unpaired) electrons. The van der Waals surface area contributed by atoms with Gasteiger partial charge in [-0.1, -0.05) is 51.4 Å². The van der Waals surface area contributed by atoms with Gasteiger partial charge in [-0.05, 0) is 32.1 Å². The molecule has 0 rings (SSSR count). The van der Waals surface area contributed by atoms with Crippen LogP contribution in [0.1, 0.15) is 83.5 Å². The number of aliphatic hydroxyl groups excluding tert-OH is 2. The van der Waals surface area contributed by atoms with E-state index >= 15 is 0 Å². The molecule has 0 heterocycles. The largest absolute Gasteiger partial charge is 0.677 e. The van der Waals surface area contributed by atoms with Crippen LogP contribution in [0.3, 0.4) is 0 Å². The molecule has 0 aliphatic carbocycles. The molecule has 23 heavy (non-hydrogen) atoms. The molecule has 0 saturated heterocycles. The molecule has 0 atom stereocenters. The average molecular weight is 591 g/mol. The second kappa shape index (κ2) is 21.5. The summed E-state index contributed by atoms with van der Waals surface area (Å²) in [5.74, 6) is 0. The van der Waals surface area contributed by atoms with Gasteiger partial charge < -0.3 is 21.1 Å². The van der Waals surface area contributed by atoms with E-state index in [0.717, 1.165) is 83.5 Å². The van der Waals surface area contributed by atoms with Crippen molar-refractivity contribution in [3.63, 3.8) is 0 Å². The van der Waals surface area contributed by atoms with E-state index in [-0.39, 0.29) is 62.9 Å². The Hall–Kier alpha value is 1.48. The van der Waals surface area contributed by atoms with Crippen molar-refractivity contribution in [2.75, 3.05) is 19.8 Å². The quantitative estimate of drug-likeness (QED) is 0.239. The normalized spacial score (nSPS) is 11.0. The van der Waals surface area contributed by atoms with E-state index in [1.54, 1.807) is 0 Å². The number of nitrogens with one attached hydrogen (secondary N) is 1. The molecule has 0 spiro atoms. The van der Waals surface area contributed by atoms with Crippen molar-refractivity contribution in [2.45, 2.75) is 89.1 Å². The van der Waals surface area contributed by atoms with Gasteiger partial charge in [0.25, 0.3) is 0 Å². The van der Waals surface area contributed by atoms with E-state index < -0.39 is 5.60 Å². The van der Waals surface area contributed by atoms with Crippen LogP contribution in [0.25, 0.3) is 5.73 Å². The summed E-state index contributed by atoms with van der Waals surface area (Å²) in [6.45, 7) is 0.973. The summed E-state index contributed by atoms with van der Waals surface area (Å²) in [5, 5.41) is 28.3. The second-order valence-corrected chi connectivity index (χ2v) is 6.21. The van der Waals surface area contributed by atoms with Crippen molar-refractivity contribution in [2.24, 2.45) is 0 Å². The minimum atomic E-state index is -0.562. The molecule has 4 N–H and O–H groups in total. The minimum Gasteiger partial charge on any atom is -0.677 e. The van der Waals surface area contributed by atoms with Crippen LogP contribution in [0.15, 0.2) is 0 Å². The van der Waals surface area contributed by atoms with Crippen molar-refractivity contribution in [1.29, 1.82) is 0 Å². The van der Waals surface area contributed by atoms with Gasteiger partial charge in [-0.3, -0.25) is 0 Å². The molecule has 6 heteroatoms. The van der Waals surface area contributed by atoms with Gasteiger partial charge in [0.1, 0.15) is 0 Å². The standard InChI is InChI=1S/C17H36NO3.U.V/c18-14-8-7-13-17(21,11-5-1-3-9-15-19)12-6-2-4-10-16-20;;/h18-21H,1-16H2;;/q-1;;. The Morgan fingerprint density at radius 3 is 1.30 bits per heavy atom. The topological polar surface area (TPSA) is 84.5 Å². The Bertz CT molecular complexity index is 210. The third kappa shape index (κ3) is 19.6. The van der Waals surface area contributed by atoms with Gasteiger partial charge in [0, 0.05) is 62.9 Å². The second-order valence-electron chi connectivity index (χ2n) is 6.21. The molecule has 0 saturated carbocycles. The van der Waals surface area contributed by atoms with Crippen molar-refractivity contribution >= 4 is 0 Å². The van der Waals surface area contributed by atoms with Gasteiger partial charge in [-0.15, -0.1) is 0 Å². The first-order chi connectivity index (χ1) is 10.2. The van der Waals surface area contributed by atoms with Crippen LogP contribution in [0.4, 0.5) is 0 Å². The first-order valence-corrected chi connectivity index (χ1v) is 8.77. The Kier molecular flexibility index (Phi) is 27.4. The summed E-state index contributed by atoms with van der Waals surface area (Å²) in [6, 6.07) is 0. The number of unbranched alkanes of at least 4 members (excludes halogenated alkanes) is 7. The first-order valence-electron chi connectivity index (χ1n) is 8.77. The van der Waals surface area contributed by atoms with E-state index in [0.29, 0.717) is 6.54 Å². The third-order valence-corrected chi connectivity index (χ3v) is 4.17. The fourth-order valence-electron chi connectivity index (χ4n) is 2.79. The maximum absolute atomic E-state index is 10.8. The van der Waals surface area contributed by atoms with E-state index in [2.05, 4.69) is 0 Å². The van der Waals surface area contributed by atoms with E-state index in [1.165, 1.54) is 0 Å². The smallest absolute Gasteiger partial charge is 0.0647 e. The molecular formula is C17H36NO3UV-. The third-order valence-electron chi connectivity index (χ3n) is 4.17. The maximum Gasteiger partial charge on any atom is 0.0647 e. The van der Waals surface area contributed by atoms with Crippen LogP contribution in [0, 0.1) is 31.1 Å². The maximum atomic E-state index is 10.8. The molecule has 0 aliphatic rings. The van der Waals surface area contributed by atoms with E-state index in [9.17, 15) is 5.11 Å². The van der Waals surface area contributed by atoms with E-state index in [1.807, 2.05) is 0 Å². The minimum absolute atomic E-state index is 0. The zero-order valence-corrected chi connectivity index (χ0v) is 20.2. The van der Waals surface area contributed by atoms with E-state index in [4.69, 9.17) is 15.9 Å². The molecule has 0 amide bonds. The van der Waals surface area contributed by atoms with Crippen LogP contribution in [0.2, 0.25) is 0 Å². The summed E-state index contributed by atoms with van der Waals surface area (Å²) < 4.78 is 0. The average Bonchev–Trinajstić information content (AvgIpc) is 2.47. The number of hydrogen-bond acceptors (Lipinski definition) is 3. The number of rotatable bonds is 16. The summed E-state index contributed by atoms with van der Waals surface area (Å²) in [5.41, 5.74) is 6.65. The molecule has 0 aliphatic heterocycles. The van der Waals surface area contributed by atoms with Crippen LogP contribution < -0.4 is 0 Å². The van der Waals surface area contributed by atoms with Gasteiger partial charge in [-0.2, -0.15) is 6.54 Å². The van der Waals surface area contributed by atoms with Crippen LogP contribution >= 0.6 is 0 Å². The van der Waals surface area contributed by atoms with Gasteiger partial charge in [-0.25, -0.2) is 0 Å². The van der Waals surface area contributed by atoms with Crippen LogP contribution in [0.5, 0.6) is 0 Å². The molecule has 0 fully saturated rings. The molecule has 0 bridgehead atoms. The Morgan fingerprint density at radius 2 is 0.957 bits per heavy atom. The van der Waals surface area contributed by atoms with Crippen molar-refractivity contribution < 1.29 is 65.0 Å². The molecule has 137 valence electrons. The van der Waals surface area contributed by atoms with Gasteiger partial charge in [0.15, 0.2) is 0 Å². The Labute approximate surface area is 178 Å². The van der Waals surface area contributed by atoms with Crippen molar-refractivity contribution in [3.8, 4) is 0 Å². The molecule has 0 aromatic heterocycles. The van der Waals surface area contributed by atoms with Gasteiger partial charge >= 0.3 is 0 Å². The molecule has 0 unspecified atom stereocenters. The molecule has 4 nitrogen and oxygen atoms in total. The molecule has 0 aromatic carbocycles. The van der Waals surface area contributed by atoms with Crippen LogP contribution in [-0.4, -0.2) is 40.7 Å². The molecular weight excluding hydrogens is 555 g/mol. The van der Waals surface area contributed by atoms with Crippen molar-refractivity contribution in [3.05, 3.63) is 5.73 Å². The Morgan fingerprint density at radius 1 is 0.609 bits per heavy atom. The summed E-state index contributed by atoms with van der Waals surface area (Å²) in [4.78, 5) is 0. The van der Waals surface area contributed by atoms with Crippen LogP contribution in [-0.2, 0) is 18.6 Å². The zero-order valence-electron chi connectivity index (χ0n) is 14.6. The van der Waals surface area contributed by atoms with Gasteiger partial charge in [0.2, 0.25) is 0 Å². The number of aliphatic hydroxyl groups is 3. The predicted octanol–water partition coefficient (Wildman–Crippen LogP) is 3.82. The fraction of sp³-hybridized carbons (Fsp3) is 1.00. The number of hydrogen-bond donors (Lipinski definition) is 3. The SMILES string of the molecule is [NH-]CCCCC(O)(CCCCCCO)CCCCCCO.[U].[V]. The van der Waals surface area contributed by atoms with Gasteiger partial charge in [0.05, 0.1) is 5.60 Å². The summed E-state index contributed by atoms with van der Waals surface area (Å²) >= 11 is 0. The molecule has 0 aromatic rings. The zero-order chi connectivity index (χ0) is 15.8. The fourth-order valence-corrected chi connectivity index (χ4v) is 2.79. The predicted molar refractivity (Wildman–Crippen MR) is 88.3 cm³/mol. The first kappa shape index (κ1) is 29.2. The van der Waals surface area contributed by atoms with Crippen molar-refractivity contribution in [1.82, 2.24) is 0 Å². The monoisotopic (exact) mass is 591 g/mol. The summed E-state index contributed by atoms with van der Waals surface area (Å²) in [6.07, 6.45) is 12.3. The summed E-state index contributed by atoms with van der Waals surface area (Å²) in [7, 11) is 0. The Balaban J connectivity index is -0.00000200.